The van der Waals surface area contributed by atoms with Crippen LogP contribution in [0.1, 0.15) is 18.9 Å². The monoisotopic (exact) mass is 246 g/mol. The fraction of sp³-hybridized carbons (Fsp3) is 0.214. The Labute approximate surface area is 105 Å². The summed E-state index contributed by atoms with van der Waals surface area (Å²) in [6.07, 6.45) is 5.44. The van der Waals surface area contributed by atoms with Crippen molar-refractivity contribution in [3.05, 3.63) is 41.5 Å². The van der Waals surface area contributed by atoms with Crippen LogP contribution in [0.25, 0.3) is 6.08 Å². The van der Waals surface area contributed by atoms with Gasteiger partial charge in [-0.1, -0.05) is 25.1 Å². The predicted molar refractivity (Wildman–Crippen MR) is 67.6 cm³/mol. The second-order valence-corrected chi connectivity index (χ2v) is 3.86. The predicted octanol–water partition coefficient (Wildman–Crippen LogP) is 2.85. The van der Waals surface area contributed by atoms with E-state index in [1.807, 2.05) is 31.2 Å². The molecule has 0 saturated carbocycles. The molecule has 1 aliphatic rings. The molecule has 4 heteroatoms. The Morgan fingerprint density at radius 3 is 2.83 bits per heavy atom. The van der Waals surface area contributed by atoms with Crippen LogP contribution in [0.2, 0.25) is 0 Å². The fourth-order valence-electron chi connectivity index (χ4n) is 1.66. The molecular weight excluding hydrogens is 232 g/mol. The molecule has 0 saturated heterocycles. The molecule has 2 rings (SSSR count). The molecule has 0 spiro atoms. The number of carboxylic acid groups (broad SMARTS) is 1. The summed E-state index contributed by atoms with van der Waals surface area (Å²) in [5.41, 5.74) is 1.91. The summed E-state index contributed by atoms with van der Waals surface area (Å²) in [4.78, 5) is 10.5. The highest BCUT2D eigenvalue weighted by Crippen LogP contribution is 2.33. The first-order chi connectivity index (χ1) is 8.69. The van der Waals surface area contributed by atoms with Gasteiger partial charge < -0.3 is 14.6 Å². The molecule has 94 valence electrons. The molecule has 0 aliphatic carbocycles. The SMILES string of the molecule is CCC(C=CC(=O)O)=Cc1ccc2c(c1)OCO2. The van der Waals surface area contributed by atoms with Gasteiger partial charge in [0.1, 0.15) is 0 Å². The van der Waals surface area contributed by atoms with E-state index in [2.05, 4.69) is 0 Å². The van der Waals surface area contributed by atoms with Gasteiger partial charge in [-0.15, -0.1) is 0 Å². The van der Waals surface area contributed by atoms with Gasteiger partial charge >= 0.3 is 5.97 Å². The summed E-state index contributed by atoms with van der Waals surface area (Å²) in [5, 5.41) is 8.60. The number of hydrogen-bond donors (Lipinski definition) is 1. The zero-order valence-corrected chi connectivity index (χ0v) is 10.1. The molecule has 1 N–H and O–H groups in total. The van der Waals surface area contributed by atoms with Crippen molar-refractivity contribution in [3.63, 3.8) is 0 Å². The molecule has 1 heterocycles. The molecule has 0 bridgehead atoms. The Morgan fingerprint density at radius 2 is 2.11 bits per heavy atom. The van der Waals surface area contributed by atoms with Crippen LogP contribution in [0.5, 0.6) is 11.5 Å². The first-order valence-electron chi connectivity index (χ1n) is 5.70. The Kier molecular flexibility index (Phi) is 3.67. The number of rotatable bonds is 4. The number of aliphatic carboxylic acids is 1. The summed E-state index contributed by atoms with van der Waals surface area (Å²) < 4.78 is 10.5. The van der Waals surface area contributed by atoms with Crippen LogP contribution in [0, 0.1) is 0 Å². The third kappa shape index (κ3) is 2.91. The van der Waals surface area contributed by atoms with Crippen LogP contribution < -0.4 is 9.47 Å². The molecular formula is C14H14O4. The molecule has 1 aromatic carbocycles. The lowest BCUT2D eigenvalue weighted by Gasteiger charge is -2.00. The Hall–Kier alpha value is -2.23. The topological polar surface area (TPSA) is 55.8 Å². The largest absolute Gasteiger partial charge is 0.478 e. The fourth-order valence-corrected chi connectivity index (χ4v) is 1.66. The highest BCUT2D eigenvalue weighted by atomic mass is 16.7. The molecule has 1 aliphatic heterocycles. The van der Waals surface area contributed by atoms with Gasteiger partial charge in [-0.25, -0.2) is 4.79 Å². The van der Waals surface area contributed by atoms with E-state index in [1.54, 1.807) is 6.08 Å². The maximum atomic E-state index is 10.5. The van der Waals surface area contributed by atoms with Crippen molar-refractivity contribution in [2.24, 2.45) is 0 Å². The molecule has 0 aromatic heterocycles. The number of carbonyl (C=O) groups is 1. The Bertz CT molecular complexity index is 515. The van der Waals surface area contributed by atoms with E-state index >= 15 is 0 Å². The Balaban J connectivity index is 2.22. The Morgan fingerprint density at radius 1 is 1.33 bits per heavy atom. The quantitative estimate of drug-likeness (QED) is 0.655. The summed E-state index contributed by atoms with van der Waals surface area (Å²) in [7, 11) is 0. The highest BCUT2D eigenvalue weighted by Gasteiger charge is 2.12. The molecule has 1 aromatic rings. The first kappa shape index (κ1) is 12.2. The zero-order chi connectivity index (χ0) is 13.0. The molecule has 18 heavy (non-hydrogen) atoms. The van der Waals surface area contributed by atoms with Crippen molar-refractivity contribution in [1.29, 1.82) is 0 Å². The number of fused-ring (bicyclic) bond motifs is 1. The molecule has 0 atom stereocenters. The average Bonchev–Trinajstić information content (AvgIpc) is 2.81. The third-order valence-electron chi connectivity index (χ3n) is 2.60. The van der Waals surface area contributed by atoms with Gasteiger partial charge in [-0.3, -0.25) is 0 Å². The van der Waals surface area contributed by atoms with Crippen LogP contribution in [-0.4, -0.2) is 17.9 Å². The van der Waals surface area contributed by atoms with Crippen molar-refractivity contribution in [2.45, 2.75) is 13.3 Å². The number of carboxylic acids is 1. The summed E-state index contributed by atoms with van der Waals surface area (Å²) in [5.74, 6) is 0.521. The number of ether oxygens (including phenoxy) is 2. The van der Waals surface area contributed by atoms with Gasteiger partial charge in [0.05, 0.1) is 0 Å². The standard InChI is InChI=1S/C14H14O4/c1-2-10(4-6-14(15)16)7-11-3-5-12-13(8-11)18-9-17-12/h3-8H,2,9H2,1H3,(H,15,16). The maximum Gasteiger partial charge on any atom is 0.328 e. The second-order valence-electron chi connectivity index (χ2n) is 3.86. The normalized spacial score (nSPS) is 14.2. The lowest BCUT2D eigenvalue weighted by Crippen LogP contribution is -1.92. The van der Waals surface area contributed by atoms with Crippen molar-refractivity contribution in [3.8, 4) is 11.5 Å². The average molecular weight is 246 g/mol. The first-order valence-corrected chi connectivity index (χ1v) is 5.70. The zero-order valence-electron chi connectivity index (χ0n) is 10.1. The minimum Gasteiger partial charge on any atom is -0.478 e. The second kappa shape index (κ2) is 5.40. The van der Waals surface area contributed by atoms with E-state index < -0.39 is 5.97 Å². The van der Waals surface area contributed by atoms with E-state index in [0.29, 0.717) is 0 Å². The minimum absolute atomic E-state index is 0.252. The van der Waals surface area contributed by atoms with Gasteiger partial charge in [-0.2, -0.15) is 0 Å². The lowest BCUT2D eigenvalue weighted by atomic mass is 10.1. The maximum absolute atomic E-state index is 10.5. The number of allylic oxidation sites excluding steroid dienone is 2. The van der Waals surface area contributed by atoms with Gasteiger partial charge in [0.2, 0.25) is 6.79 Å². The lowest BCUT2D eigenvalue weighted by molar-refractivity contribution is -0.131. The van der Waals surface area contributed by atoms with Gasteiger partial charge in [0.25, 0.3) is 0 Å². The molecule has 0 unspecified atom stereocenters. The minimum atomic E-state index is -0.944. The molecule has 0 amide bonds. The van der Waals surface area contributed by atoms with E-state index in [-0.39, 0.29) is 6.79 Å². The molecule has 4 nitrogen and oxygen atoms in total. The number of hydrogen-bond acceptors (Lipinski definition) is 3. The van der Waals surface area contributed by atoms with Crippen LogP contribution in [-0.2, 0) is 4.79 Å². The van der Waals surface area contributed by atoms with E-state index in [0.717, 1.165) is 35.1 Å². The molecule has 0 radical (unpaired) electrons. The van der Waals surface area contributed by atoms with Crippen molar-refractivity contribution >= 4 is 12.0 Å². The smallest absolute Gasteiger partial charge is 0.328 e. The van der Waals surface area contributed by atoms with E-state index in [9.17, 15) is 4.79 Å². The van der Waals surface area contributed by atoms with Gasteiger partial charge in [0, 0.05) is 6.08 Å². The van der Waals surface area contributed by atoms with E-state index in [4.69, 9.17) is 14.6 Å². The summed E-state index contributed by atoms with van der Waals surface area (Å²) >= 11 is 0. The van der Waals surface area contributed by atoms with Crippen LogP contribution in [0.4, 0.5) is 0 Å². The van der Waals surface area contributed by atoms with Crippen molar-refractivity contribution < 1.29 is 19.4 Å². The summed E-state index contributed by atoms with van der Waals surface area (Å²) in [6.45, 7) is 2.23. The van der Waals surface area contributed by atoms with E-state index in [1.165, 1.54) is 0 Å². The van der Waals surface area contributed by atoms with Crippen LogP contribution in [0.15, 0.2) is 35.9 Å². The third-order valence-corrected chi connectivity index (χ3v) is 2.60. The van der Waals surface area contributed by atoms with Crippen LogP contribution in [0.3, 0.4) is 0 Å². The van der Waals surface area contributed by atoms with Crippen molar-refractivity contribution in [1.82, 2.24) is 0 Å². The van der Waals surface area contributed by atoms with Gasteiger partial charge in [0.15, 0.2) is 11.5 Å². The summed E-state index contributed by atoms with van der Waals surface area (Å²) in [6, 6.07) is 5.65. The highest BCUT2D eigenvalue weighted by molar-refractivity contribution is 5.80. The van der Waals surface area contributed by atoms with Crippen molar-refractivity contribution in [2.75, 3.05) is 6.79 Å². The van der Waals surface area contributed by atoms with Crippen LogP contribution >= 0.6 is 0 Å². The number of benzene rings is 1. The van der Waals surface area contributed by atoms with Gasteiger partial charge in [-0.05, 0) is 29.7 Å². The molecule has 0 fully saturated rings.